The molecule has 1 aromatic carbocycles. The molecule has 7 nitrogen and oxygen atoms in total. The lowest BCUT2D eigenvalue weighted by Gasteiger charge is -2.29. The topological polar surface area (TPSA) is 92.8 Å². The number of nitrogens with one attached hydrogen (secondary N) is 2. The first-order valence-corrected chi connectivity index (χ1v) is 11.7. The standard InChI is InChI=1S/C24H28N2O5S/c27-8-9-29-10-11-30-23-14-19(18-6-12-32-16-18)13-22(31-23)24(28)25-7-5-17-15-26-21-4-2-1-3-20(17)21/h1-4,6,12-13,15-16,19,23,26-27H,5,7-11,14H2,(H,25,28)/t19-,23+/m1/s1. The van der Waals surface area contributed by atoms with Crippen LogP contribution in [0.1, 0.15) is 23.5 Å². The second kappa shape index (κ2) is 11.3. The van der Waals surface area contributed by atoms with Crippen LogP contribution in [0, 0.1) is 0 Å². The molecule has 0 radical (unpaired) electrons. The first-order valence-electron chi connectivity index (χ1n) is 10.8. The van der Waals surface area contributed by atoms with E-state index >= 15 is 0 Å². The van der Waals surface area contributed by atoms with Crippen LogP contribution in [0.4, 0.5) is 0 Å². The lowest BCUT2D eigenvalue weighted by molar-refractivity contribution is -0.151. The number of aliphatic hydroxyl groups excluding tert-OH is 1. The minimum absolute atomic E-state index is 0.0221. The molecule has 0 saturated heterocycles. The van der Waals surface area contributed by atoms with Gasteiger partial charge in [-0.1, -0.05) is 18.2 Å². The number of carbonyl (C=O) groups is 1. The number of rotatable bonds is 11. The summed E-state index contributed by atoms with van der Waals surface area (Å²) >= 11 is 1.63. The van der Waals surface area contributed by atoms with Crippen molar-refractivity contribution in [2.45, 2.75) is 25.0 Å². The van der Waals surface area contributed by atoms with Crippen molar-refractivity contribution in [3.63, 3.8) is 0 Å². The Labute approximate surface area is 191 Å². The summed E-state index contributed by atoms with van der Waals surface area (Å²) in [6.07, 6.45) is 4.69. The second-order valence-electron chi connectivity index (χ2n) is 7.55. The molecule has 3 N–H and O–H groups in total. The number of aromatic nitrogens is 1. The molecule has 0 saturated carbocycles. The molecule has 3 aromatic rings. The maximum atomic E-state index is 12.8. The number of amides is 1. The van der Waals surface area contributed by atoms with Gasteiger partial charge in [0.15, 0.2) is 5.76 Å². The van der Waals surface area contributed by atoms with E-state index in [9.17, 15) is 4.79 Å². The fraction of sp³-hybridized carbons (Fsp3) is 0.375. The number of aromatic amines is 1. The quantitative estimate of drug-likeness (QED) is 0.385. The summed E-state index contributed by atoms with van der Waals surface area (Å²) in [5, 5.41) is 17.0. The van der Waals surface area contributed by atoms with Gasteiger partial charge < -0.3 is 29.6 Å². The molecule has 3 heterocycles. The Balaban J connectivity index is 1.35. The van der Waals surface area contributed by atoms with Crippen LogP contribution in [-0.4, -0.2) is 55.3 Å². The zero-order valence-electron chi connectivity index (χ0n) is 17.8. The Bertz CT molecular complexity index is 1030. The smallest absolute Gasteiger partial charge is 0.286 e. The van der Waals surface area contributed by atoms with Gasteiger partial charge >= 0.3 is 0 Å². The number of hydrogen-bond acceptors (Lipinski definition) is 6. The predicted molar refractivity (Wildman–Crippen MR) is 124 cm³/mol. The summed E-state index contributed by atoms with van der Waals surface area (Å²) in [4.78, 5) is 16.1. The van der Waals surface area contributed by atoms with E-state index in [0.717, 1.165) is 17.5 Å². The first kappa shape index (κ1) is 22.5. The number of thiophene rings is 1. The Hall–Kier alpha value is -2.65. The van der Waals surface area contributed by atoms with E-state index in [1.54, 1.807) is 11.3 Å². The monoisotopic (exact) mass is 456 g/mol. The van der Waals surface area contributed by atoms with Crippen molar-refractivity contribution < 1.29 is 24.1 Å². The maximum absolute atomic E-state index is 12.8. The van der Waals surface area contributed by atoms with Gasteiger partial charge in [0.05, 0.1) is 26.4 Å². The largest absolute Gasteiger partial charge is 0.459 e. The highest BCUT2D eigenvalue weighted by atomic mass is 32.1. The number of ether oxygens (including phenoxy) is 3. The molecule has 32 heavy (non-hydrogen) atoms. The van der Waals surface area contributed by atoms with Gasteiger partial charge in [0.1, 0.15) is 0 Å². The molecule has 170 valence electrons. The lowest BCUT2D eigenvalue weighted by atomic mass is 9.95. The van der Waals surface area contributed by atoms with Crippen LogP contribution in [0.2, 0.25) is 0 Å². The zero-order chi connectivity index (χ0) is 22.2. The Morgan fingerprint density at radius 1 is 1.25 bits per heavy atom. The molecular weight excluding hydrogens is 428 g/mol. The Morgan fingerprint density at radius 3 is 3.00 bits per heavy atom. The van der Waals surface area contributed by atoms with Crippen molar-refractivity contribution in [2.24, 2.45) is 0 Å². The molecule has 1 amide bonds. The molecule has 0 spiro atoms. The molecule has 0 bridgehead atoms. The fourth-order valence-electron chi connectivity index (χ4n) is 3.78. The van der Waals surface area contributed by atoms with Gasteiger partial charge in [-0.3, -0.25) is 4.79 Å². The highest BCUT2D eigenvalue weighted by molar-refractivity contribution is 7.08. The first-order chi connectivity index (χ1) is 15.7. The van der Waals surface area contributed by atoms with Crippen LogP contribution in [0.5, 0.6) is 0 Å². The van der Waals surface area contributed by atoms with Gasteiger partial charge in [-0.25, -0.2) is 0 Å². The van der Waals surface area contributed by atoms with Crippen molar-refractivity contribution in [3.05, 3.63) is 70.3 Å². The zero-order valence-corrected chi connectivity index (χ0v) is 18.6. The van der Waals surface area contributed by atoms with Crippen LogP contribution in [-0.2, 0) is 25.4 Å². The number of H-pyrrole nitrogens is 1. The number of aliphatic hydroxyl groups is 1. The van der Waals surface area contributed by atoms with E-state index in [4.69, 9.17) is 19.3 Å². The Kier molecular flexibility index (Phi) is 7.95. The van der Waals surface area contributed by atoms with Crippen molar-refractivity contribution in [1.29, 1.82) is 0 Å². The molecule has 2 aromatic heterocycles. The molecule has 0 unspecified atom stereocenters. The number of fused-ring (bicyclic) bond motifs is 1. The minimum atomic E-state index is -0.531. The van der Waals surface area contributed by atoms with Gasteiger partial charge in [0.25, 0.3) is 5.91 Å². The third-order valence-corrected chi connectivity index (χ3v) is 6.08. The van der Waals surface area contributed by atoms with E-state index in [2.05, 4.69) is 27.8 Å². The fourth-order valence-corrected chi connectivity index (χ4v) is 4.50. The highest BCUT2D eigenvalue weighted by Gasteiger charge is 2.28. The summed E-state index contributed by atoms with van der Waals surface area (Å²) in [5.74, 6) is 0.0929. The van der Waals surface area contributed by atoms with Gasteiger partial charge in [-0.15, -0.1) is 0 Å². The second-order valence-corrected chi connectivity index (χ2v) is 8.33. The van der Waals surface area contributed by atoms with Gasteiger partial charge in [-0.2, -0.15) is 11.3 Å². The van der Waals surface area contributed by atoms with Crippen molar-refractivity contribution >= 4 is 28.1 Å². The lowest BCUT2D eigenvalue weighted by Crippen LogP contribution is -2.34. The number of hydrogen-bond donors (Lipinski definition) is 3. The van der Waals surface area contributed by atoms with Crippen LogP contribution in [0.15, 0.2) is 59.1 Å². The molecule has 0 aliphatic carbocycles. The number of benzene rings is 1. The normalized spacial score (nSPS) is 18.3. The van der Waals surface area contributed by atoms with E-state index in [1.807, 2.05) is 35.9 Å². The average molecular weight is 457 g/mol. The number of allylic oxidation sites excluding steroid dienone is 1. The molecule has 4 rings (SSSR count). The van der Waals surface area contributed by atoms with E-state index in [-0.39, 0.29) is 30.8 Å². The SMILES string of the molecule is O=C(NCCc1c[nH]c2ccccc12)C1=C[C@@H](c2ccsc2)C[C@@H](OCCOCCO)O1. The van der Waals surface area contributed by atoms with Gasteiger partial charge in [0.2, 0.25) is 6.29 Å². The molecule has 8 heteroatoms. The molecular formula is C24H28N2O5S. The third kappa shape index (κ3) is 5.77. The summed E-state index contributed by atoms with van der Waals surface area (Å²) in [6, 6.07) is 10.2. The van der Waals surface area contributed by atoms with Crippen LogP contribution in [0.25, 0.3) is 10.9 Å². The Morgan fingerprint density at radius 2 is 2.16 bits per heavy atom. The van der Waals surface area contributed by atoms with E-state index < -0.39 is 6.29 Å². The summed E-state index contributed by atoms with van der Waals surface area (Å²) in [5.41, 5.74) is 3.40. The summed E-state index contributed by atoms with van der Waals surface area (Å²) in [7, 11) is 0. The van der Waals surface area contributed by atoms with Gasteiger partial charge in [-0.05, 0) is 46.5 Å². The number of para-hydroxylation sites is 1. The molecule has 1 aliphatic rings. The number of carbonyl (C=O) groups excluding carboxylic acids is 1. The van der Waals surface area contributed by atoms with Crippen molar-refractivity contribution in [2.75, 3.05) is 33.0 Å². The van der Waals surface area contributed by atoms with Crippen molar-refractivity contribution in [3.8, 4) is 0 Å². The summed E-state index contributed by atoms with van der Waals surface area (Å²) < 4.78 is 16.9. The molecule has 1 aliphatic heterocycles. The summed E-state index contributed by atoms with van der Waals surface area (Å²) in [6.45, 7) is 1.45. The van der Waals surface area contributed by atoms with Crippen LogP contribution in [0.3, 0.4) is 0 Å². The molecule has 2 atom stereocenters. The highest BCUT2D eigenvalue weighted by Crippen LogP contribution is 2.32. The van der Waals surface area contributed by atoms with E-state index in [0.29, 0.717) is 26.2 Å². The average Bonchev–Trinajstić information content (AvgIpc) is 3.49. The predicted octanol–water partition coefficient (Wildman–Crippen LogP) is 3.33. The van der Waals surface area contributed by atoms with Crippen molar-refractivity contribution in [1.82, 2.24) is 10.3 Å². The molecule has 0 fully saturated rings. The van der Waals surface area contributed by atoms with Crippen LogP contribution >= 0.6 is 11.3 Å². The van der Waals surface area contributed by atoms with E-state index in [1.165, 1.54) is 10.9 Å². The maximum Gasteiger partial charge on any atom is 0.286 e. The van der Waals surface area contributed by atoms with Gasteiger partial charge in [0, 0.05) is 36.0 Å². The van der Waals surface area contributed by atoms with Crippen LogP contribution < -0.4 is 5.32 Å². The third-order valence-electron chi connectivity index (χ3n) is 5.37. The minimum Gasteiger partial charge on any atom is -0.459 e.